The second-order valence-corrected chi connectivity index (χ2v) is 17.6. The molecule has 0 aromatic heterocycles. The van der Waals surface area contributed by atoms with Gasteiger partial charge in [0.2, 0.25) is 0 Å². The number of hydrogen-bond acceptors (Lipinski definition) is 4. The van der Waals surface area contributed by atoms with E-state index in [0.717, 1.165) is 19.9 Å². The number of allylic oxidation sites excluding steroid dienone is 8. The van der Waals surface area contributed by atoms with Gasteiger partial charge >= 0.3 is 59.5 Å². The second-order valence-electron chi connectivity index (χ2n) is 17.6. The third-order valence-corrected chi connectivity index (χ3v) is 10.8. The van der Waals surface area contributed by atoms with Gasteiger partial charge in [0.1, 0.15) is 17.7 Å². The molecule has 65 heavy (non-hydrogen) atoms. The van der Waals surface area contributed by atoms with Gasteiger partial charge in [-0.25, -0.2) is 0 Å². The molecular weight excluding hydrogens is 935 g/mol. The van der Waals surface area contributed by atoms with E-state index in [1.54, 1.807) is 0 Å². The standard InChI is InChI=1S/C40H41F21N4/c1-29(2)14-21(24(18-62)22(15-29)26(20-64)33(45,46)38(55,56)39(57,58)40(59,60)61)12-10-8-7-9-11-13-65-27-17-30(3,4)16-23(25(27)19-63)28(34(47,48)36(51,52)31(5,41)42)35(49,50)37(53,54)32(6,43)44/h65H,7-17H2,1-6H3/b26-22+. The molecule has 0 fully saturated rings. The minimum absolute atomic E-state index is 0.0184. The van der Waals surface area contributed by atoms with Crippen LogP contribution in [0.15, 0.2) is 44.7 Å². The molecule has 0 aromatic carbocycles. The van der Waals surface area contributed by atoms with Crippen LogP contribution >= 0.6 is 0 Å². The minimum Gasteiger partial charge on any atom is -0.387 e. The van der Waals surface area contributed by atoms with Crippen LogP contribution in [0.25, 0.3) is 0 Å². The highest BCUT2D eigenvalue weighted by Gasteiger charge is 2.83. The Kier molecular flexibility index (Phi) is 15.8. The number of nitrogens with one attached hydrogen (secondary N) is 1. The predicted octanol–water partition coefficient (Wildman–Crippen LogP) is 14.6. The number of unbranched alkanes of at least 4 members (excludes halogenated alkanes) is 4. The summed E-state index contributed by atoms with van der Waals surface area (Å²) in [6, 6.07) is 3.15. The summed E-state index contributed by atoms with van der Waals surface area (Å²) in [6.45, 7) is 2.83. The van der Waals surface area contributed by atoms with Gasteiger partial charge in [0.05, 0.1) is 22.8 Å². The van der Waals surface area contributed by atoms with Gasteiger partial charge in [-0.15, -0.1) is 0 Å². The quantitative estimate of drug-likeness (QED) is 0.0843. The molecule has 0 unspecified atom stereocenters. The van der Waals surface area contributed by atoms with E-state index in [1.807, 2.05) is 0 Å². The Morgan fingerprint density at radius 3 is 1.34 bits per heavy atom. The molecule has 0 atom stereocenters. The molecule has 25 heteroatoms. The fourth-order valence-corrected chi connectivity index (χ4v) is 7.49. The molecular formula is C40H41F21N4. The first kappa shape index (κ1) is 56.9. The highest BCUT2D eigenvalue weighted by molar-refractivity contribution is 5.57. The SMILES string of the molecule is CC1(C)CC(NCCCCCCCC2=C(C#N)/C(=C(\C#N)C(F)(F)C(F)(F)C(F)(F)C(F)(F)F)CC(C)(C)C2)=C(C#N)C(=C(C(F)(F)C(F)(F)C(C)(F)F)C(F)(F)C(F)(F)C(C)(F)F)C1. The van der Waals surface area contributed by atoms with Crippen LogP contribution in [0.5, 0.6) is 0 Å². The molecule has 0 radical (unpaired) electrons. The molecule has 0 amide bonds. The number of halogens is 21. The van der Waals surface area contributed by atoms with Crippen molar-refractivity contribution in [3.63, 3.8) is 0 Å². The highest BCUT2D eigenvalue weighted by Crippen LogP contribution is 2.61. The molecule has 2 aliphatic rings. The maximum absolute atomic E-state index is 15.5. The van der Waals surface area contributed by atoms with Gasteiger partial charge in [0.15, 0.2) is 0 Å². The summed E-state index contributed by atoms with van der Waals surface area (Å²) >= 11 is 0. The topological polar surface area (TPSA) is 83.4 Å². The van der Waals surface area contributed by atoms with Crippen LogP contribution in [-0.4, -0.2) is 66.0 Å². The first-order valence-electron chi connectivity index (χ1n) is 19.2. The van der Waals surface area contributed by atoms with Crippen LogP contribution in [0.4, 0.5) is 92.2 Å². The van der Waals surface area contributed by atoms with E-state index in [0.29, 0.717) is 6.07 Å². The first-order chi connectivity index (χ1) is 28.8. The van der Waals surface area contributed by atoms with Gasteiger partial charge < -0.3 is 5.32 Å². The number of hydrogen-bond donors (Lipinski definition) is 1. The van der Waals surface area contributed by atoms with Crippen molar-refractivity contribution in [3.05, 3.63) is 44.7 Å². The number of alkyl halides is 21. The zero-order valence-electron chi connectivity index (χ0n) is 35.1. The number of nitriles is 3. The first-order valence-corrected chi connectivity index (χ1v) is 19.2. The lowest BCUT2D eigenvalue weighted by atomic mass is 9.69. The summed E-state index contributed by atoms with van der Waals surface area (Å²) in [6.07, 6.45) is -9.43. The minimum atomic E-state index is -7.32. The summed E-state index contributed by atoms with van der Waals surface area (Å²) in [5.41, 5.74) is -15.2. The Labute approximate surface area is 358 Å². The average molecular weight is 977 g/mol. The van der Waals surface area contributed by atoms with E-state index in [4.69, 9.17) is 0 Å². The van der Waals surface area contributed by atoms with Gasteiger partial charge in [0.25, 0.3) is 0 Å². The van der Waals surface area contributed by atoms with Gasteiger partial charge in [-0.05, 0) is 66.9 Å². The molecule has 1 N–H and O–H groups in total. The summed E-state index contributed by atoms with van der Waals surface area (Å²) < 4.78 is 301. The summed E-state index contributed by atoms with van der Waals surface area (Å²) in [7, 11) is 0. The molecule has 0 saturated heterocycles. The summed E-state index contributed by atoms with van der Waals surface area (Å²) in [4.78, 5) is 0. The van der Waals surface area contributed by atoms with Crippen molar-refractivity contribution in [2.75, 3.05) is 6.54 Å². The predicted molar refractivity (Wildman–Crippen MR) is 189 cm³/mol. The van der Waals surface area contributed by atoms with Gasteiger partial charge in [0, 0.05) is 26.1 Å². The van der Waals surface area contributed by atoms with Crippen molar-refractivity contribution in [1.82, 2.24) is 5.32 Å². The maximum Gasteiger partial charge on any atom is 0.460 e. The van der Waals surface area contributed by atoms with Crippen molar-refractivity contribution in [2.45, 2.75) is 165 Å². The second kappa shape index (κ2) is 18.1. The summed E-state index contributed by atoms with van der Waals surface area (Å²) in [5, 5.41) is 31.6. The van der Waals surface area contributed by atoms with E-state index in [1.165, 1.54) is 19.9 Å². The molecule has 0 aliphatic heterocycles. The zero-order valence-corrected chi connectivity index (χ0v) is 35.1. The molecule has 0 bridgehead atoms. The lowest BCUT2D eigenvalue weighted by molar-refractivity contribution is -0.389. The van der Waals surface area contributed by atoms with Crippen LogP contribution in [0.1, 0.15) is 106 Å². The monoisotopic (exact) mass is 976 g/mol. The van der Waals surface area contributed by atoms with Crippen molar-refractivity contribution >= 4 is 0 Å². The van der Waals surface area contributed by atoms with E-state index in [-0.39, 0.29) is 57.1 Å². The van der Waals surface area contributed by atoms with Crippen molar-refractivity contribution in [1.29, 1.82) is 15.8 Å². The summed E-state index contributed by atoms with van der Waals surface area (Å²) in [5.74, 6) is -60.6. The Bertz CT molecular complexity index is 2010. The van der Waals surface area contributed by atoms with Crippen LogP contribution in [0.2, 0.25) is 0 Å². The Hall–Kier alpha value is -4.24. The lowest BCUT2D eigenvalue weighted by Gasteiger charge is -2.42. The van der Waals surface area contributed by atoms with E-state index in [2.05, 4.69) is 5.32 Å². The smallest absolute Gasteiger partial charge is 0.387 e. The third-order valence-electron chi connectivity index (χ3n) is 10.8. The maximum atomic E-state index is 15.5. The largest absolute Gasteiger partial charge is 0.460 e. The molecule has 368 valence electrons. The van der Waals surface area contributed by atoms with Crippen LogP contribution in [-0.2, 0) is 0 Å². The number of nitrogens with zero attached hydrogens (tertiary/aromatic N) is 3. The lowest BCUT2D eigenvalue weighted by Crippen LogP contribution is -2.62. The zero-order chi connectivity index (χ0) is 51.2. The Morgan fingerprint density at radius 2 is 0.923 bits per heavy atom. The fraction of sp³-hybridized carbons (Fsp3) is 0.725. The van der Waals surface area contributed by atoms with Gasteiger partial charge in [-0.2, -0.15) is 108 Å². The van der Waals surface area contributed by atoms with E-state index < -0.39 is 143 Å². The molecule has 2 aliphatic carbocycles. The van der Waals surface area contributed by atoms with Crippen molar-refractivity contribution < 1.29 is 92.2 Å². The molecule has 0 spiro atoms. The normalized spacial score (nSPS) is 19.4. The highest BCUT2D eigenvalue weighted by atomic mass is 19.4. The van der Waals surface area contributed by atoms with Gasteiger partial charge in [-0.1, -0.05) is 52.5 Å². The molecule has 0 saturated carbocycles. The average Bonchev–Trinajstić information content (AvgIpc) is 3.10. The molecule has 2 rings (SSSR count). The fourth-order valence-electron chi connectivity index (χ4n) is 7.49. The Balaban J connectivity index is 2.46. The van der Waals surface area contributed by atoms with Crippen LogP contribution in [0, 0.1) is 44.8 Å². The number of rotatable bonds is 18. The molecule has 0 aromatic rings. The van der Waals surface area contributed by atoms with Crippen molar-refractivity contribution in [2.24, 2.45) is 10.8 Å². The van der Waals surface area contributed by atoms with Gasteiger partial charge in [-0.3, -0.25) is 0 Å². The van der Waals surface area contributed by atoms with Crippen molar-refractivity contribution in [3.8, 4) is 18.2 Å². The molecule has 4 nitrogen and oxygen atoms in total. The van der Waals surface area contributed by atoms with E-state index >= 15 is 17.6 Å². The Morgan fingerprint density at radius 1 is 0.508 bits per heavy atom. The van der Waals surface area contributed by atoms with Crippen LogP contribution in [0.3, 0.4) is 0 Å². The van der Waals surface area contributed by atoms with E-state index in [9.17, 15) is 90.4 Å². The van der Waals surface area contributed by atoms with Crippen LogP contribution < -0.4 is 5.32 Å². The third kappa shape index (κ3) is 10.5. The molecule has 0 heterocycles.